The van der Waals surface area contributed by atoms with Crippen molar-refractivity contribution in [2.45, 2.75) is 45.3 Å². The quantitative estimate of drug-likeness (QED) is 0.236. The first kappa shape index (κ1) is 23.2. The number of hydrogen-bond donors (Lipinski definition) is 0. The van der Waals surface area contributed by atoms with E-state index in [9.17, 15) is 10.1 Å². The number of nitriles is 1. The van der Waals surface area contributed by atoms with E-state index in [1.807, 2.05) is 53.2 Å². The molecule has 1 heterocycles. The minimum absolute atomic E-state index is 0.0630. The van der Waals surface area contributed by atoms with E-state index in [0.717, 1.165) is 30.3 Å². The molecule has 0 fully saturated rings. The van der Waals surface area contributed by atoms with Crippen LogP contribution in [0.2, 0.25) is 0 Å². The number of fused-ring (bicyclic) bond motifs is 1. The Morgan fingerprint density at radius 3 is 2.78 bits per heavy atom. The Balaban J connectivity index is 1.82. The second-order valence-electron chi connectivity index (χ2n) is 7.45. The number of allylic oxidation sites excluding steroid dienone is 1. The van der Waals surface area contributed by atoms with Gasteiger partial charge in [0.1, 0.15) is 11.7 Å². The third kappa shape index (κ3) is 6.50. The second-order valence-corrected chi connectivity index (χ2v) is 7.45. The van der Waals surface area contributed by atoms with Crippen molar-refractivity contribution < 1.29 is 9.53 Å². The summed E-state index contributed by atoms with van der Waals surface area (Å²) in [4.78, 5) is 13.8. The molecule has 0 saturated heterocycles. The summed E-state index contributed by atoms with van der Waals surface area (Å²) in [5.74, 6) is -0.314. The highest BCUT2D eigenvalue weighted by Crippen LogP contribution is 2.26. The number of hydrogen-bond acceptors (Lipinski definition) is 6. The number of esters is 1. The Hall–Kier alpha value is -3.50. The summed E-state index contributed by atoms with van der Waals surface area (Å²) in [6.45, 7) is 3.50. The Bertz CT molecular complexity index is 1050. The molecular formula is C25H29N5O2. The van der Waals surface area contributed by atoms with Gasteiger partial charge >= 0.3 is 5.97 Å². The average molecular weight is 432 g/mol. The van der Waals surface area contributed by atoms with Gasteiger partial charge in [-0.3, -0.25) is 4.90 Å². The first-order valence-corrected chi connectivity index (χ1v) is 11.0. The van der Waals surface area contributed by atoms with E-state index in [0.29, 0.717) is 26.1 Å². The number of carbonyl (C=O) groups excluding carboxylic acids is 1. The summed E-state index contributed by atoms with van der Waals surface area (Å²) in [6.07, 6.45) is 6.11. The second kappa shape index (κ2) is 12.4. The SMILES string of the molecule is CCOC(=O)/C=C/CCCC(N(CCC#N)Cc1ccccc1)n1nnc2ccccc21. The summed E-state index contributed by atoms with van der Waals surface area (Å²) < 4.78 is 6.90. The predicted molar refractivity (Wildman–Crippen MR) is 123 cm³/mol. The molecule has 0 radical (unpaired) electrons. The Labute approximate surface area is 188 Å². The molecule has 0 N–H and O–H groups in total. The molecule has 2 aromatic carbocycles. The standard InChI is InChI=1S/C25H29N5O2/c1-2-32-25(31)17-8-4-7-16-24(30-23-15-10-9-14-22(23)27-28-30)29(19-11-18-26)20-21-12-5-3-6-13-21/h3,5-6,8-10,12-15,17,24H,2,4,7,11,16,19-20H2,1H3/b17-8+. The van der Waals surface area contributed by atoms with E-state index in [1.165, 1.54) is 11.6 Å². The van der Waals surface area contributed by atoms with Gasteiger partial charge in [-0.25, -0.2) is 9.48 Å². The number of benzene rings is 2. The van der Waals surface area contributed by atoms with Gasteiger partial charge in [-0.05, 0) is 43.9 Å². The zero-order valence-corrected chi connectivity index (χ0v) is 18.4. The van der Waals surface area contributed by atoms with E-state index in [1.54, 1.807) is 6.92 Å². The highest BCUT2D eigenvalue weighted by atomic mass is 16.5. The first-order valence-electron chi connectivity index (χ1n) is 11.0. The lowest BCUT2D eigenvalue weighted by Gasteiger charge is -2.31. The monoisotopic (exact) mass is 431 g/mol. The average Bonchev–Trinajstić information content (AvgIpc) is 3.24. The fourth-order valence-corrected chi connectivity index (χ4v) is 3.70. The molecule has 0 bridgehead atoms. The third-order valence-electron chi connectivity index (χ3n) is 5.19. The van der Waals surface area contributed by atoms with Crippen LogP contribution >= 0.6 is 0 Å². The lowest BCUT2D eigenvalue weighted by molar-refractivity contribution is -0.137. The first-order chi connectivity index (χ1) is 15.7. The van der Waals surface area contributed by atoms with Crippen molar-refractivity contribution in [3.05, 3.63) is 72.3 Å². The number of para-hydroxylation sites is 1. The molecule has 7 heteroatoms. The predicted octanol–water partition coefficient (Wildman–Crippen LogP) is 4.64. The van der Waals surface area contributed by atoms with Gasteiger partial charge < -0.3 is 4.74 Å². The maximum absolute atomic E-state index is 11.5. The van der Waals surface area contributed by atoms with Crippen molar-refractivity contribution in [1.82, 2.24) is 19.9 Å². The topological polar surface area (TPSA) is 84.0 Å². The smallest absolute Gasteiger partial charge is 0.330 e. The Morgan fingerprint density at radius 2 is 2.00 bits per heavy atom. The van der Waals surface area contributed by atoms with E-state index in [2.05, 4.69) is 33.4 Å². The molecule has 0 saturated carbocycles. The van der Waals surface area contributed by atoms with Gasteiger partial charge in [-0.2, -0.15) is 5.26 Å². The number of aromatic nitrogens is 3. The normalized spacial score (nSPS) is 12.3. The van der Waals surface area contributed by atoms with Crippen LogP contribution in [-0.2, 0) is 16.1 Å². The van der Waals surface area contributed by atoms with E-state index in [-0.39, 0.29) is 12.1 Å². The van der Waals surface area contributed by atoms with Crippen molar-refractivity contribution >= 4 is 17.0 Å². The van der Waals surface area contributed by atoms with Crippen molar-refractivity contribution in [3.63, 3.8) is 0 Å². The van der Waals surface area contributed by atoms with Crippen LogP contribution in [0.5, 0.6) is 0 Å². The van der Waals surface area contributed by atoms with Crippen LogP contribution in [0.1, 0.15) is 44.3 Å². The van der Waals surface area contributed by atoms with Gasteiger partial charge in [-0.15, -0.1) is 5.10 Å². The van der Waals surface area contributed by atoms with Crippen LogP contribution in [0.3, 0.4) is 0 Å². The van der Waals surface area contributed by atoms with Gasteiger partial charge in [0.15, 0.2) is 0 Å². The van der Waals surface area contributed by atoms with Crippen LogP contribution in [0, 0.1) is 11.3 Å². The molecular weight excluding hydrogens is 402 g/mol. The molecule has 1 aromatic heterocycles. The molecule has 0 spiro atoms. The molecule has 166 valence electrons. The minimum atomic E-state index is -0.314. The third-order valence-corrected chi connectivity index (χ3v) is 5.19. The Kier molecular flexibility index (Phi) is 8.96. The highest BCUT2D eigenvalue weighted by Gasteiger charge is 2.23. The van der Waals surface area contributed by atoms with E-state index >= 15 is 0 Å². The van der Waals surface area contributed by atoms with E-state index in [4.69, 9.17) is 4.74 Å². The van der Waals surface area contributed by atoms with Crippen molar-refractivity contribution in [3.8, 4) is 6.07 Å². The van der Waals surface area contributed by atoms with Gasteiger partial charge in [-0.1, -0.05) is 53.8 Å². The van der Waals surface area contributed by atoms with Crippen molar-refractivity contribution in [2.24, 2.45) is 0 Å². The van der Waals surface area contributed by atoms with Gasteiger partial charge in [0.25, 0.3) is 0 Å². The summed E-state index contributed by atoms with van der Waals surface area (Å²) in [7, 11) is 0. The maximum atomic E-state index is 11.5. The Morgan fingerprint density at radius 1 is 1.22 bits per heavy atom. The van der Waals surface area contributed by atoms with Crippen LogP contribution in [-0.4, -0.2) is 39.0 Å². The molecule has 0 aliphatic heterocycles. The molecule has 3 aromatic rings. The number of carbonyl (C=O) groups is 1. The van der Waals surface area contributed by atoms with Crippen LogP contribution in [0.15, 0.2) is 66.7 Å². The van der Waals surface area contributed by atoms with Gasteiger partial charge in [0.05, 0.1) is 18.2 Å². The van der Waals surface area contributed by atoms with Gasteiger partial charge in [0, 0.05) is 25.6 Å². The van der Waals surface area contributed by atoms with Crippen molar-refractivity contribution in [2.75, 3.05) is 13.2 Å². The zero-order valence-electron chi connectivity index (χ0n) is 18.4. The largest absolute Gasteiger partial charge is 0.463 e. The summed E-state index contributed by atoms with van der Waals surface area (Å²) in [5, 5.41) is 18.1. The highest BCUT2D eigenvalue weighted by molar-refractivity contribution is 5.81. The number of ether oxygens (including phenoxy) is 1. The lowest BCUT2D eigenvalue weighted by atomic mass is 10.1. The molecule has 32 heavy (non-hydrogen) atoms. The van der Waals surface area contributed by atoms with E-state index < -0.39 is 0 Å². The summed E-state index contributed by atoms with van der Waals surface area (Å²) in [6, 6.07) is 20.4. The zero-order chi connectivity index (χ0) is 22.6. The molecule has 7 nitrogen and oxygen atoms in total. The van der Waals surface area contributed by atoms with Crippen molar-refractivity contribution in [1.29, 1.82) is 5.26 Å². The molecule has 0 amide bonds. The number of unbranched alkanes of at least 4 members (excludes halogenated alkanes) is 1. The maximum Gasteiger partial charge on any atom is 0.330 e. The molecule has 0 aliphatic carbocycles. The van der Waals surface area contributed by atoms with Crippen LogP contribution < -0.4 is 0 Å². The van der Waals surface area contributed by atoms with Crippen LogP contribution in [0.25, 0.3) is 11.0 Å². The molecule has 3 rings (SSSR count). The number of rotatable bonds is 12. The molecule has 1 atom stereocenters. The lowest BCUT2D eigenvalue weighted by Crippen LogP contribution is -2.34. The molecule has 1 unspecified atom stereocenters. The fraction of sp³-hybridized carbons (Fsp3) is 0.360. The minimum Gasteiger partial charge on any atom is -0.463 e. The van der Waals surface area contributed by atoms with Gasteiger partial charge in [0.2, 0.25) is 0 Å². The molecule has 0 aliphatic rings. The fourth-order valence-electron chi connectivity index (χ4n) is 3.70. The number of nitrogens with zero attached hydrogens (tertiary/aromatic N) is 5. The van der Waals surface area contributed by atoms with Crippen LogP contribution in [0.4, 0.5) is 0 Å². The summed E-state index contributed by atoms with van der Waals surface area (Å²) in [5.41, 5.74) is 3.00. The summed E-state index contributed by atoms with van der Waals surface area (Å²) >= 11 is 0.